The van der Waals surface area contributed by atoms with Crippen LogP contribution in [0, 0.1) is 5.92 Å². The van der Waals surface area contributed by atoms with Gasteiger partial charge >= 0.3 is 0 Å². The fourth-order valence-corrected chi connectivity index (χ4v) is 4.85. The zero-order valence-corrected chi connectivity index (χ0v) is 13.1. The molecule has 3 heterocycles. The quantitative estimate of drug-likeness (QED) is 0.911. The van der Waals surface area contributed by atoms with Crippen LogP contribution in [0.5, 0.6) is 0 Å². The van der Waals surface area contributed by atoms with Crippen molar-refractivity contribution in [3.8, 4) is 0 Å². The molecule has 2 unspecified atom stereocenters. The number of ether oxygens (including phenoxy) is 1. The minimum absolute atomic E-state index is 0.0883. The van der Waals surface area contributed by atoms with E-state index in [-0.39, 0.29) is 11.6 Å². The summed E-state index contributed by atoms with van der Waals surface area (Å²) in [6.07, 6.45) is 9.23. The van der Waals surface area contributed by atoms with Gasteiger partial charge in [-0.2, -0.15) is 0 Å². The van der Waals surface area contributed by atoms with Gasteiger partial charge in [-0.25, -0.2) is 0 Å². The molecule has 2 aliphatic rings. The maximum Gasteiger partial charge on any atom is 0.0809 e. The largest absolute Gasteiger partial charge is 0.375 e. The third-order valence-electron chi connectivity index (χ3n) is 5.26. The van der Waals surface area contributed by atoms with E-state index >= 15 is 0 Å². The molecule has 2 aromatic heterocycles. The first-order chi connectivity index (χ1) is 10.3. The smallest absolute Gasteiger partial charge is 0.0809 e. The lowest BCUT2D eigenvalue weighted by Crippen LogP contribution is -2.40. The van der Waals surface area contributed by atoms with Crippen molar-refractivity contribution >= 4 is 21.6 Å². The van der Waals surface area contributed by atoms with E-state index in [1.807, 2.05) is 6.20 Å². The molecule has 0 radical (unpaired) electrons. The summed E-state index contributed by atoms with van der Waals surface area (Å²) in [5.74, 6) is 0.524. The van der Waals surface area contributed by atoms with Crippen LogP contribution in [-0.2, 0) is 4.74 Å². The van der Waals surface area contributed by atoms with E-state index in [4.69, 9.17) is 10.5 Å². The molecule has 1 aliphatic heterocycles. The first-order valence-corrected chi connectivity index (χ1v) is 8.86. The Bertz CT molecular complexity index is 633. The van der Waals surface area contributed by atoms with Crippen LogP contribution >= 0.6 is 11.3 Å². The maximum absolute atomic E-state index is 6.59. The van der Waals surface area contributed by atoms with Gasteiger partial charge in [-0.3, -0.25) is 4.98 Å². The van der Waals surface area contributed by atoms with Gasteiger partial charge in [-0.15, -0.1) is 11.3 Å². The van der Waals surface area contributed by atoms with E-state index < -0.39 is 0 Å². The summed E-state index contributed by atoms with van der Waals surface area (Å²) in [7, 11) is 0. The molecule has 2 N–H and O–H groups in total. The Kier molecular flexibility index (Phi) is 3.48. The summed E-state index contributed by atoms with van der Waals surface area (Å²) in [5.41, 5.74) is 8.99. The zero-order valence-electron chi connectivity index (χ0n) is 12.3. The highest BCUT2D eigenvalue weighted by molar-refractivity contribution is 7.17. The molecule has 112 valence electrons. The second kappa shape index (κ2) is 5.34. The average Bonchev–Trinajstić information content (AvgIpc) is 3.15. The highest BCUT2D eigenvalue weighted by atomic mass is 32.1. The Labute approximate surface area is 129 Å². The fraction of sp³-hybridized carbons (Fsp3) is 0.588. The monoisotopic (exact) mass is 302 g/mol. The molecule has 0 aromatic carbocycles. The van der Waals surface area contributed by atoms with Crippen molar-refractivity contribution in [3.05, 3.63) is 29.3 Å². The van der Waals surface area contributed by atoms with E-state index in [0.29, 0.717) is 5.92 Å². The highest BCUT2D eigenvalue weighted by Crippen LogP contribution is 2.44. The first kappa shape index (κ1) is 13.7. The van der Waals surface area contributed by atoms with E-state index in [9.17, 15) is 0 Å². The van der Waals surface area contributed by atoms with Gasteiger partial charge in [-0.05, 0) is 54.7 Å². The van der Waals surface area contributed by atoms with Crippen LogP contribution < -0.4 is 5.73 Å². The molecule has 1 saturated carbocycles. The lowest BCUT2D eigenvalue weighted by molar-refractivity contribution is -0.0963. The molecular weight excluding hydrogens is 280 g/mol. The summed E-state index contributed by atoms with van der Waals surface area (Å²) >= 11 is 1.74. The molecule has 1 aliphatic carbocycles. The Morgan fingerprint density at radius 3 is 3.10 bits per heavy atom. The van der Waals surface area contributed by atoms with E-state index in [1.165, 1.54) is 35.9 Å². The van der Waals surface area contributed by atoms with Crippen LogP contribution in [-0.4, -0.2) is 17.2 Å². The molecule has 2 aromatic rings. The molecule has 2 atom stereocenters. The average molecular weight is 302 g/mol. The lowest BCUT2D eigenvalue weighted by atomic mass is 9.79. The number of pyridine rings is 1. The molecule has 1 saturated heterocycles. The Morgan fingerprint density at radius 2 is 2.24 bits per heavy atom. The number of aromatic nitrogens is 1. The van der Waals surface area contributed by atoms with Gasteiger partial charge in [-0.1, -0.05) is 12.8 Å². The number of nitrogens with two attached hydrogens (primary N) is 1. The summed E-state index contributed by atoms with van der Waals surface area (Å²) in [6.45, 7) is 0.868. The number of hydrogen-bond donors (Lipinski definition) is 1. The summed E-state index contributed by atoms with van der Waals surface area (Å²) in [5, 5.41) is 2.09. The minimum atomic E-state index is 0.0883. The van der Waals surface area contributed by atoms with E-state index in [0.717, 1.165) is 25.0 Å². The zero-order chi connectivity index (χ0) is 14.3. The number of hydrogen-bond acceptors (Lipinski definition) is 4. The maximum atomic E-state index is 6.59. The molecule has 0 bridgehead atoms. The molecule has 4 heteroatoms. The number of fused-ring (bicyclic) bond motifs is 1. The van der Waals surface area contributed by atoms with Gasteiger partial charge in [0.15, 0.2) is 0 Å². The molecule has 21 heavy (non-hydrogen) atoms. The second-order valence-corrected chi connectivity index (χ2v) is 7.54. The predicted molar refractivity (Wildman–Crippen MR) is 86.4 cm³/mol. The Hall–Kier alpha value is -0.970. The molecular formula is C17H22N2OS. The number of rotatable bonds is 2. The minimum Gasteiger partial charge on any atom is -0.375 e. The van der Waals surface area contributed by atoms with Crippen molar-refractivity contribution in [2.24, 2.45) is 11.7 Å². The van der Waals surface area contributed by atoms with Gasteiger partial charge in [0.25, 0.3) is 0 Å². The van der Waals surface area contributed by atoms with Crippen LogP contribution in [0.1, 0.15) is 50.1 Å². The van der Waals surface area contributed by atoms with Crippen molar-refractivity contribution in [2.75, 3.05) is 6.61 Å². The molecule has 0 amide bonds. The van der Waals surface area contributed by atoms with Gasteiger partial charge in [0, 0.05) is 18.8 Å². The van der Waals surface area contributed by atoms with Gasteiger partial charge in [0.2, 0.25) is 0 Å². The van der Waals surface area contributed by atoms with Crippen LogP contribution in [0.3, 0.4) is 0 Å². The first-order valence-electron chi connectivity index (χ1n) is 7.98. The third-order valence-corrected chi connectivity index (χ3v) is 6.12. The summed E-state index contributed by atoms with van der Waals surface area (Å²) < 4.78 is 7.37. The van der Waals surface area contributed by atoms with E-state index in [1.54, 1.807) is 11.3 Å². The SMILES string of the molecule is NC(c1cnc2ccsc2c1)C1CCOC2(CCCC2)C1. The van der Waals surface area contributed by atoms with Crippen LogP contribution in [0.2, 0.25) is 0 Å². The second-order valence-electron chi connectivity index (χ2n) is 6.59. The summed E-state index contributed by atoms with van der Waals surface area (Å²) in [6, 6.07) is 4.39. The van der Waals surface area contributed by atoms with Crippen LogP contribution in [0.4, 0.5) is 0 Å². The topological polar surface area (TPSA) is 48.1 Å². The predicted octanol–water partition coefficient (Wildman–Crippen LogP) is 4.04. The summed E-state index contributed by atoms with van der Waals surface area (Å²) in [4.78, 5) is 4.55. The van der Waals surface area contributed by atoms with Gasteiger partial charge in [0.05, 0.1) is 15.8 Å². The normalized spacial score (nSPS) is 26.4. The molecule has 1 spiro atoms. The van der Waals surface area contributed by atoms with Crippen molar-refractivity contribution < 1.29 is 4.74 Å². The van der Waals surface area contributed by atoms with Crippen molar-refractivity contribution in [1.29, 1.82) is 0 Å². The van der Waals surface area contributed by atoms with Crippen molar-refractivity contribution in [1.82, 2.24) is 4.98 Å². The Morgan fingerprint density at radius 1 is 1.38 bits per heavy atom. The number of nitrogens with zero attached hydrogens (tertiary/aromatic N) is 1. The molecule has 3 nitrogen and oxygen atoms in total. The fourth-order valence-electron chi connectivity index (χ4n) is 4.06. The third kappa shape index (κ3) is 2.50. The van der Waals surface area contributed by atoms with Crippen molar-refractivity contribution in [2.45, 2.75) is 50.2 Å². The highest BCUT2D eigenvalue weighted by Gasteiger charge is 2.41. The molecule has 4 rings (SSSR count). The van der Waals surface area contributed by atoms with E-state index in [2.05, 4.69) is 22.5 Å². The van der Waals surface area contributed by atoms with Gasteiger partial charge < -0.3 is 10.5 Å². The van der Waals surface area contributed by atoms with Gasteiger partial charge in [0.1, 0.15) is 0 Å². The van der Waals surface area contributed by atoms with Crippen molar-refractivity contribution in [3.63, 3.8) is 0 Å². The van der Waals surface area contributed by atoms with Crippen LogP contribution in [0.25, 0.3) is 10.2 Å². The molecule has 2 fully saturated rings. The Balaban J connectivity index is 1.56. The lowest BCUT2D eigenvalue weighted by Gasteiger charge is -2.40. The number of thiophene rings is 1. The van der Waals surface area contributed by atoms with Crippen LogP contribution in [0.15, 0.2) is 23.7 Å². The standard InChI is InChI=1S/C17H22N2OS/c18-16(13-9-15-14(19-11-13)4-8-21-15)12-3-7-20-17(10-12)5-1-2-6-17/h4,8-9,11-12,16H,1-3,5-7,10,18H2.